The van der Waals surface area contributed by atoms with Crippen molar-refractivity contribution in [2.45, 2.75) is 31.2 Å². The molecule has 1 saturated heterocycles. The Kier molecular flexibility index (Phi) is 8.56. The summed E-state index contributed by atoms with van der Waals surface area (Å²) in [6.45, 7) is 0.359. The molecule has 0 saturated carbocycles. The normalized spacial score (nSPS) is 17.6. The fourth-order valence-corrected chi connectivity index (χ4v) is 3.12. The molecule has 0 bridgehead atoms. The minimum Gasteiger partial charge on any atom is -0.349 e. The van der Waals surface area contributed by atoms with Gasteiger partial charge in [-0.3, -0.25) is 14.4 Å². The third kappa shape index (κ3) is 6.52. The van der Waals surface area contributed by atoms with E-state index in [2.05, 4.69) is 10.6 Å². The van der Waals surface area contributed by atoms with Crippen LogP contribution in [0.4, 0.5) is 5.69 Å². The van der Waals surface area contributed by atoms with Crippen molar-refractivity contribution in [2.24, 2.45) is 5.73 Å². The summed E-state index contributed by atoms with van der Waals surface area (Å²) in [4.78, 5) is 38.9. The molecular weight excluding hydrogens is 420 g/mol. The van der Waals surface area contributed by atoms with Gasteiger partial charge in [0.1, 0.15) is 6.04 Å². The van der Waals surface area contributed by atoms with Crippen LogP contribution in [0.5, 0.6) is 0 Å². The van der Waals surface area contributed by atoms with E-state index in [4.69, 9.17) is 10.5 Å². The van der Waals surface area contributed by atoms with Crippen LogP contribution in [0, 0.1) is 0 Å². The van der Waals surface area contributed by atoms with Crippen LogP contribution in [0.15, 0.2) is 54.6 Å². The van der Waals surface area contributed by atoms with E-state index in [1.165, 1.54) is 4.90 Å². The number of carbonyl (C=O) groups is 3. The van der Waals surface area contributed by atoms with Gasteiger partial charge in [0.25, 0.3) is 11.8 Å². The first kappa shape index (κ1) is 24.3. The van der Waals surface area contributed by atoms with Crippen LogP contribution in [0.25, 0.3) is 0 Å². The van der Waals surface area contributed by atoms with Crippen molar-refractivity contribution in [1.29, 1.82) is 0 Å². The number of anilines is 1. The number of epoxide rings is 1. The molecule has 3 amide bonds. The van der Waals surface area contributed by atoms with E-state index in [9.17, 15) is 14.4 Å². The molecule has 0 aromatic heterocycles. The molecule has 3 rings (SSSR count). The van der Waals surface area contributed by atoms with E-state index in [0.717, 1.165) is 11.1 Å². The van der Waals surface area contributed by atoms with Gasteiger partial charge in [-0.25, -0.2) is 0 Å². The standard InChI is InChI=1S/C22H26N4O4.ClH/c1-26(2)22(29)17(12-14-7-4-3-5-8-14)25-21(28)19-18(30-19)20(27)24-16-10-6-9-15(11-16)13-23;/h3-11,17-19H,12-13,23H2,1-2H3,(H,24,27)(H,25,28);1H/t17-,18?,19?;/m0./s1. The Balaban J connectivity index is 0.00000341. The highest BCUT2D eigenvalue weighted by atomic mass is 35.5. The maximum atomic E-state index is 12.6. The van der Waals surface area contributed by atoms with E-state index in [-0.39, 0.29) is 18.3 Å². The third-order valence-corrected chi connectivity index (χ3v) is 4.78. The van der Waals surface area contributed by atoms with Crippen LogP contribution >= 0.6 is 12.4 Å². The Morgan fingerprint density at radius 3 is 2.29 bits per heavy atom. The molecule has 2 aromatic rings. The summed E-state index contributed by atoms with van der Waals surface area (Å²) in [6.07, 6.45) is -1.46. The predicted octanol–water partition coefficient (Wildman–Crippen LogP) is 1.09. The van der Waals surface area contributed by atoms with E-state index in [1.807, 2.05) is 36.4 Å². The zero-order valence-corrected chi connectivity index (χ0v) is 18.2. The molecule has 1 aliphatic rings. The number of nitrogens with two attached hydrogens (primary N) is 1. The Hall–Kier alpha value is -2.94. The number of carbonyl (C=O) groups excluding carboxylic acids is 3. The summed E-state index contributed by atoms with van der Waals surface area (Å²) in [7, 11) is 3.26. The first-order valence-electron chi connectivity index (χ1n) is 9.70. The summed E-state index contributed by atoms with van der Waals surface area (Å²) < 4.78 is 5.29. The Bertz CT molecular complexity index is 923. The lowest BCUT2D eigenvalue weighted by atomic mass is 10.0. The monoisotopic (exact) mass is 446 g/mol. The summed E-state index contributed by atoms with van der Waals surface area (Å²) in [5, 5.41) is 5.45. The maximum Gasteiger partial charge on any atom is 0.256 e. The fraction of sp³-hybridized carbons (Fsp3) is 0.318. The van der Waals surface area contributed by atoms with Crippen molar-refractivity contribution in [3.63, 3.8) is 0 Å². The minimum atomic E-state index is -0.920. The summed E-state index contributed by atoms with van der Waals surface area (Å²) in [5.41, 5.74) is 7.99. The molecule has 3 atom stereocenters. The maximum absolute atomic E-state index is 12.6. The Morgan fingerprint density at radius 2 is 1.65 bits per heavy atom. The fourth-order valence-electron chi connectivity index (χ4n) is 3.12. The van der Waals surface area contributed by atoms with Crippen LogP contribution in [-0.4, -0.2) is 55.0 Å². The van der Waals surface area contributed by atoms with E-state index < -0.39 is 30.1 Å². The molecule has 166 valence electrons. The Labute approximate surface area is 187 Å². The molecule has 2 aromatic carbocycles. The smallest absolute Gasteiger partial charge is 0.256 e. The van der Waals surface area contributed by atoms with Gasteiger partial charge in [-0.15, -0.1) is 12.4 Å². The molecule has 1 aliphatic heterocycles. The number of rotatable bonds is 8. The number of hydrogen-bond donors (Lipinski definition) is 3. The Morgan fingerprint density at radius 1 is 1.00 bits per heavy atom. The highest BCUT2D eigenvalue weighted by Crippen LogP contribution is 2.24. The molecule has 4 N–H and O–H groups in total. The molecule has 31 heavy (non-hydrogen) atoms. The second kappa shape index (κ2) is 10.9. The van der Waals surface area contributed by atoms with Gasteiger partial charge >= 0.3 is 0 Å². The quantitative estimate of drug-likeness (QED) is 0.525. The average Bonchev–Trinajstić information content (AvgIpc) is 3.55. The number of ether oxygens (including phenoxy) is 1. The van der Waals surface area contributed by atoms with Crippen molar-refractivity contribution in [3.8, 4) is 0 Å². The number of nitrogens with zero attached hydrogens (tertiary/aromatic N) is 1. The van der Waals surface area contributed by atoms with Crippen molar-refractivity contribution >= 4 is 35.8 Å². The van der Waals surface area contributed by atoms with Crippen molar-refractivity contribution in [1.82, 2.24) is 10.2 Å². The van der Waals surface area contributed by atoms with Gasteiger partial charge in [-0.2, -0.15) is 0 Å². The van der Waals surface area contributed by atoms with Crippen molar-refractivity contribution in [2.75, 3.05) is 19.4 Å². The van der Waals surface area contributed by atoms with Crippen molar-refractivity contribution < 1.29 is 19.1 Å². The van der Waals surface area contributed by atoms with Gasteiger partial charge < -0.3 is 26.0 Å². The highest BCUT2D eigenvalue weighted by molar-refractivity contribution is 6.02. The van der Waals surface area contributed by atoms with Crippen molar-refractivity contribution in [3.05, 3.63) is 65.7 Å². The average molecular weight is 447 g/mol. The van der Waals surface area contributed by atoms with Gasteiger partial charge in [-0.05, 0) is 23.3 Å². The van der Waals surface area contributed by atoms with Gasteiger partial charge in [0, 0.05) is 32.7 Å². The minimum absolute atomic E-state index is 0. The number of hydrogen-bond acceptors (Lipinski definition) is 5. The molecule has 0 radical (unpaired) electrons. The topological polar surface area (TPSA) is 117 Å². The lowest BCUT2D eigenvalue weighted by Gasteiger charge is -2.21. The molecule has 0 aliphatic carbocycles. The first-order chi connectivity index (χ1) is 14.4. The zero-order chi connectivity index (χ0) is 21.7. The number of nitrogens with one attached hydrogen (secondary N) is 2. The zero-order valence-electron chi connectivity index (χ0n) is 17.4. The highest BCUT2D eigenvalue weighted by Gasteiger charge is 2.51. The predicted molar refractivity (Wildman–Crippen MR) is 120 cm³/mol. The van der Waals surface area contributed by atoms with E-state index in [1.54, 1.807) is 32.3 Å². The van der Waals surface area contributed by atoms with E-state index in [0.29, 0.717) is 18.7 Å². The summed E-state index contributed by atoms with van der Waals surface area (Å²) in [5.74, 6) is -1.13. The van der Waals surface area contributed by atoms with Gasteiger partial charge in [0.2, 0.25) is 5.91 Å². The lowest BCUT2D eigenvalue weighted by Crippen LogP contribution is -2.49. The second-order valence-electron chi connectivity index (χ2n) is 7.35. The molecule has 9 heteroatoms. The number of likely N-dealkylation sites (N-methyl/N-ethyl adjacent to an activating group) is 1. The van der Waals surface area contributed by atoms with Crippen LogP contribution in [0.2, 0.25) is 0 Å². The van der Waals surface area contributed by atoms with Gasteiger partial charge in [-0.1, -0.05) is 42.5 Å². The molecule has 0 spiro atoms. The number of amides is 3. The lowest BCUT2D eigenvalue weighted by molar-refractivity contribution is -0.134. The van der Waals surface area contributed by atoms with Gasteiger partial charge in [0.15, 0.2) is 12.2 Å². The molecule has 2 unspecified atom stereocenters. The molecular formula is C22H27ClN4O4. The molecule has 1 heterocycles. The van der Waals surface area contributed by atoms with Crippen LogP contribution in [-0.2, 0) is 32.1 Å². The SMILES string of the molecule is CN(C)C(=O)[C@H](Cc1ccccc1)NC(=O)C1OC1C(=O)Nc1cccc(CN)c1.Cl. The number of benzene rings is 2. The van der Waals surface area contributed by atoms with Crippen LogP contribution in [0.1, 0.15) is 11.1 Å². The summed E-state index contributed by atoms with van der Waals surface area (Å²) in [6, 6.07) is 15.8. The van der Waals surface area contributed by atoms with E-state index >= 15 is 0 Å². The van der Waals surface area contributed by atoms with Gasteiger partial charge in [0.05, 0.1) is 0 Å². The van der Waals surface area contributed by atoms with Crippen LogP contribution in [0.3, 0.4) is 0 Å². The van der Waals surface area contributed by atoms with Crippen LogP contribution < -0.4 is 16.4 Å². The third-order valence-electron chi connectivity index (χ3n) is 4.78. The summed E-state index contributed by atoms with van der Waals surface area (Å²) >= 11 is 0. The molecule has 8 nitrogen and oxygen atoms in total. The number of halogens is 1. The largest absolute Gasteiger partial charge is 0.349 e. The first-order valence-corrected chi connectivity index (χ1v) is 9.70. The second-order valence-corrected chi connectivity index (χ2v) is 7.35. The molecule has 1 fully saturated rings.